The van der Waals surface area contributed by atoms with E-state index in [4.69, 9.17) is 0 Å². The van der Waals surface area contributed by atoms with Gasteiger partial charge in [-0.1, -0.05) is 13.8 Å². The largest absolute Gasteiger partial charge is 0.460 e. The van der Waals surface area contributed by atoms with Gasteiger partial charge in [0.1, 0.15) is 5.78 Å². The van der Waals surface area contributed by atoms with Crippen LogP contribution in [0.5, 0.6) is 0 Å². The first kappa shape index (κ1) is 25.3. The number of carbonyl (C=O) groups is 1. The SMILES string of the molecule is CCS(CC)(CC(C)=O)OS(=O)(=O)C(F)(F)C(F)(F)C(F)(F)C(F)(F)F. The zero-order valence-electron chi connectivity index (χ0n) is 13.5. The monoisotopic (exact) mass is 446 g/mol. The lowest BCUT2D eigenvalue weighted by Gasteiger charge is -2.38. The van der Waals surface area contributed by atoms with E-state index in [0.717, 1.165) is 20.8 Å². The summed E-state index contributed by atoms with van der Waals surface area (Å²) in [4.78, 5) is 11.1. The van der Waals surface area contributed by atoms with Crippen molar-refractivity contribution in [3.05, 3.63) is 0 Å². The number of Topliss-reactive ketones (excluding diaryl/α,β-unsaturated/α-hetero) is 1. The summed E-state index contributed by atoms with van der Waals surface area (Å²) in [6, 6.07) is 0. The van der Waals surface area contributed by atoms with Gasteiger partial charge in [0.05, 0.1) is 5.75 Å². The number of alkyl halides is 9. The fraction of sp³-hybridized carbons (Fsp3) is 0.909. The Morgan fingerprint density at radius 3 is 1.50 bits per heavy atom. The zero-order chi connectivity index (χ0) is 21.4. The molecule has 0 aliphatic heterocycles. The second-order valence-electron chi connectivity index (χ2n) is 5.08. The minimum atomic E-state index is -7.36. The van der Waals surface area contributed by atoms with Crippen LogP contribution in [0.4, 0.5) is 39.5 Å². The van der Waals surface area contributed by atoms with Gasteiger partial charge in [0.15, 0.2) is 0 Å². The highest BCUT2D eigenvalue weighted by Gasteiger charge is 2.86. The smallest absolute Gasteiger partial charge is 0.299 e. The summed E-state index contributed by atoms with van der Waals surface area (Å²) in [6.45, 7) is 3.20. The average Bonchev–Trinajstić information content (AvgIpc) is 2.43. The van der Waals surface area contributed by atoms with Crippen LogP contribution in [0.15, 0.2) is 0 Å². The molecule has 0 rings (SSSR count). The van der Waals surface area contributed by atoms with Gasteiger partial charge >= 0.3 is 33.4 Å². The molecule has 0 saturated heterocycles. The maximum absolute atomic E-state index is 13.6. The van der Waals surface area contributed by atoms with Crippen LogP contribution in [-0.4, -0.2) is 54.7 Å². The molecule has 0 aromatic rings. The Morgan fingerprint density at radius 2 is 1.23 bits per heavy atom. The molecule has 0 aliphatic carbocycles. The van der Waals surface area contributed by atoms with E-state index in [2.05, 4.69) is 3.63 Å². The minimum absolute atomic E-state index is 0.431. The van der Waals surface area contributed by atoms with E-state index in [1.807, 2.05) is 0 Å². The van der Waals surface area contributed by atoms with Crippen LogP contribution in [0.25, 0.3) is 0 Å². The Balaban J connectivity index is 6.22. The Bertz CT molecular complexity index is 624. The Kier molecular flexibility index (Phi) is 7.17. The summed E-state index contributed by atoms with van der Waals surface area (Å²) < 4.78 is 143. The Labute approximate surface area is 144 Å². The van der Waals surface area contributed by atoms with E-state index in [1.165, 1.54) is 0 Å². The third kappa shape index (κ3) is 4.24. The van der Waals surface area contributed by atoms with Crippen molar-refractivity contribution in [2.75, 3.05) is 17.3 Å². The van der Waals surface area contributed by atoms with Crippen molar-refractivity contribution in [1.29, 1.82) is 0 Å². The van der Waals surface area contributed by atoms with Crippen LogP contribution in [0.3, 0.4) is 0 Å². The molecule has 4 nitrogen and oxygen atoms in total. The highest BCUT2D eigenvalue weighted by atomic mass is 32.3. The van der Waals surface area contributed by atoms with Crippen molar-refractivity contribution in [2.24, 2.45) is 0 Å². The molecule has 0 spiro atoms. The number of halogens is 9. The molecular weight excluding hydrogens is 431 g/mol. The maximum atomic E-state index is 13.6. The fourth-order valence-electron chi connectivity index (χ4n) is 1.65. The molecule has 15 heteroatoms. The quantitative estimate of drug-likeness (QED) is 0.501. The van der Waals surface area contributed by atoms with Gasteiger partial charge in [0.25, 0.3) is 0 Å². The number of ketones is 1. The molecule has 0 fully saturated rings. The van der Waals surface area contributed by atoms with Crippen molar-refractivity contribution >= 4 is 26.2 Å². The molecule has 0 bridgehead atoms. The first-order valence-electron chi connectivity index (χ1n) is 6.66. The first-order chi connectivity index (χ1) is 11.2. The molecule has 0 aliphatic rings. The van der Waals surface area contributed by atoms with Crippen LogP contribution in [0.1, 0.15) is 20.8 Å². The fourth-order valence-corrected chi connectivity index (χ4v) is 6.47. The van der Waals surface area contributed by atoms with Crippen molar-refractivity contribution in [1.82, 2.24) is 0 Å². The third-order valence-electron chi connectivity index (χ3n) is 3.18. The van der Waals surface area contributed by atoms with Crippen LogP contribution >= 0.6 is 10.3 Å². The van der Waals surface area contributed by atoms with Crippen LogP contribution in [0, 0.1) is 0 Å². The highest BCUT2D eigenvalue weighted by Crippen LogP contribution is 2.58. The van der Waals surface area contributed by atoms with E-state index in [1.54, 1.807) is 0 Å². The number of carbonyl (C=O) groups excluding carboxylic acids is 1. The number of hydrogen-bond donors (Lipinski definition) is 0. The summed E-state index contributed by atoms with van der Waals surface area (Å²) in [6.07, 6.45) is -7.16. The lowest BCUT2D eigenvalue weighted by molar-refractivity contribution is -0.382. The van der Waals surface area contributed by atoms with Gasteiger partial charge in [0, 0.05) is 0 Å². The van der Waals surface area contributed by atoms with Crippen molar-refractivity contribution in [3.8, 4) is 0 Å². The molecule has 0 atom stereocenters. The number of hydrogen-bond acceptors (Lipinski definition) is 4. The highest BCUT2D eigenvalue weighted by molar-refractivity contribution is 8.33. The lowest BCUT2D eigenvalue weighted by atomic mass is 10.1. The molecule has 0 saturated carbocycles. The van der Waals surface area contributed by atoms with Crippen molar-refractivity contribution in [3.63, 3.8) is 0 Å². The molecular formula is C11H15F9O4S2. The zero-order valence-corrected chi connectivity index (χ0v) is 15.1. The predicted molar refractivity (Wildman–Crippen MR) is 75.1 cm³/mol. The standard InChI is InChI=1S/C11H15F9O4S2/c1-4-25(5-2,6-7(3)21)24-26(22,23)11(19,20)9(14,15)8(12,13)10(16,17)18/h4-6H2,1-3H3. The van der Waals surface area contributed by atoms with Gasteiger partial charge in [-0.25, -0.2) is 3.63 Å². The summed E-state index contributed by atoms with van der Waals surface area (Å²) >= 11 is 0. The normalized spacial score (nSPS) is 15.8. The van der Waals surface area contributed by atoms with Crippen LogP contribution in [0.2, 0.25) is 0 Å². The predicted octanol–water partition coefficient (Wildman–Crippen LogP) is 4.11. The van der Waals surface area contributed by atoms with Crippen LogP contribution in [-0.2, 0) is 18.5 Å². The van der Waals surface area contributed by atoms with E-state index >= 15 is 0 Å². The first-order valence-corrected chi connectivity index (χ1v) is 10.1. The van der Waals surface area contributed by atoms with Crippen molar-refractivity contribution < 1.29 is 56.4 Å². The molecule has 158 valence electrons. The molecule has 26 heavy (non-hydrogen) atoms. The van der Waals surface area contributed by atoms with E-state index in [9.17, 15) is 52.7 Å². The summed E-state index contributed by atoms with van der Waals surface area (Å²) in [5.74, 6) is -17.2. The van der Waals surface area contributed by atoms with E-state index < -0.39 is 66.7 Å². The number of rotatable bonds is 9. The Morgan fingerprint density at radius 1 is 0.846 bits per heavy atom. The molecule has 0 unspecified atom stereocenters. The summed E-state index contributed by atoms with van der Waals surface area (Å²) in [5.41, 5.74) is 0. The topological polar surface area (TPSA) is 60.4 Å². The molecule has 0 heterocycles. The van der Waals surface area contributed by atoms with Gasteiger partial charge in [-0.3, -0.25) is 4.79 Å². The van der Waals surface area contributed by atoms with E-state index in [0.29, 0.717) is 0 Å². The van der Waals surface area contributed by atoms with Gasteiger partial charge in [-0.05, 0) is 18.4 Å². The van der Waals surface area contributed by atoms with Crippen molar-refractivity contribution in [2.45, 2.75) is 44.0 Å². The van der Waals surface area contributed by atoms with Gasteiger partial charge in [-0.2, -0.15) is 47.9 Å². The molecule has 0 N–H and O–H groups in total. The molecule has 0 radical (unpaired) electrons. The second kappa shape index (κ2) is 7.37. The Hall–Kier alpha value is -0.700. The summed E-state index contributed by atoms with van der Waals surface area (Å²) in [7, 11) is -10.3. The summed E-state index contributed by atoms with van der Waals surface area (Å²) in [5, 5.41) is -6.92. The van der Waals surface area contributed by atoms with Gasteiger partial charge in [0.2, 0.25) is 0 Å². The minimum Gasteiger partial charge on any atom is -0.299 e. The molecule has 0 aromatic heterocycles. The van der Waals surface area contributed by atoms with Crippen LogP contribution < -0.4 is 0 Å². The van der Waals surface area contributed by atoms with Gasteiger partial charge in [-0.15, -0.1) is 10.3 Å². The molecule has 0 amide bonds. The lowest BCUT2D eigenvalue weighted by Crippen LogP contribution is -2.63. The average molecular weight is 446 g/mol. The second-order valence-corrected chi connectivity index (χ2v) is 10.4. The maximum Gasteiger partial charge on any atom is 0.460 e. The van der Waals surface area contributed by atoms with E-state index in [-0.39, 0.29) is 0 Å². The molecule has 0 aromatic carbocycles. The third-order valence-corrected chi connectivity index (χ3v) is 8.97. The van der Waals surface area contributed by atoms with Gasteiger partial charge < -0.3 is 0 Å².